The predicted molar refractivity (Wildman–Crippen MR) is 89.3 cm³/mol. The lowest BCUT2D eigenvalue weighted by Crippen LogP contribution is -2.29. The quantitative estimate of drug-likeness (QED) is 0.867. The molecular formula is C19H31NO. The maximum Gasteiger partial charge on any atom is 0.0842 e. The Morgan fingerprint density at radius 3 is 2.71 bits per heavy atom. The fourth-order valence-corrected chi connectivity index (χ4v) is 3.69. The Kier molecular flexibility index (Phi) is 5.45. The molecule has 0 radical (unpaired) electrons. The average molecular weight is 289 g/mol. The number of nitrogens with two attached hydrogens (primary N) is 1. The molecule has 0 fully saturated rings. The first-order valence-electron chi connectivity index (χ1n) is 8.30. The Bertz CT molecular complexity index is 449. The van der Waals surface area contributed by atoms with E-state index in [1.54, 1.807) is 0 Å². The van der Waals surface area contributed by atoms with Gasteiger partial charge < -0.3 is 10.5 Å². The van der Waals surface area contributed by atoms with E-state index in [0.29, 0.717) is 11.3 Å². The van der Waals surface area contributed by atoms with Gasteiger partial charge in [0.05, 0.1) is 12.7 Å². The standard InChI is InChI=1S/C19H31NO/c1-14(13-19(2,3)4)11-16(20)12-18-17-8-6-5-7-15(17)9-10-21-18/h5-8,14,16,18H,9-13,20H2,1-4H3. The van der Waals surface area contributed by atoms with Gasteiger partial charge >= 0.3 is 0 Å². The van der Waals surface area contributed by atoms with Crippen molar-refractivity contribution in [3.05, 3.63) is 35.4 Å². The molecule has 21 heavy (non-hydrogen) atoms. The minimum atomic E-state index is 0.187. The van der Waals surface area contributed by atoms with E-state index in [0.717, 1.165) is 25.9 Å². The zero-order chi connectivity index (χ0) is 15.5. The van der Waals surface area contributed by atoms with Gasteiger partial charge in [-0.25, -0.2) is 0 Å². The molecule has 0 bridgehead atoms. The van der Waals surface area contributed by atoms with E-state index in [1.165, 1.54) is 17.5 Å². The van der Waals surface area contributed by atoms with Crippen molar-refractivity contribution in [2.75, 3.05) is 6.61 Å². The van der Waals surface area contributed by atoms with Gasteiger partial charge in [-0.1, -0.05) is 52.0 Å². The van der Waals surface area contributed by atoms with E-state index in [1.807, 2.05) is 0 Å². The molecule has 0 saturated carbocycles. The highest BCUT2D eigenvalue weighted by atomic mass is 16.5. The van der Waals surface area contributed by atoms with Crippen LogP contribution in [0.4, 0.5) is 0 Å². The summed E-state index contributed by atoms with van der Waals surface area (Å²) >= 11 is 0. The second kappa shape index (κ2) is 6.93. The van der Waals surface area contributed by atoms with Crippen LogP contribution in [0.15, 0.2) is 24.3 Å². The molecule has 3 unspecified atom stereocenters. The van der Waals surface area contributed by atoms with E-state index in [4.69, 9.17) is 10.5 Å². The molecule has 1 aromatic carbocycles. The van der Waals surface area contributed by atoms with Crippen molar-refractivity contribution in [1.29, 1.82) is 0 Å². The van der Waals surface area contributed by atoms with Gasteiger partial charge in [0.25, 0.3) is 0 Å². The summed E-state index contributed by atoms with van der Waals surface area (Å²) < 4.78 is 5.98. The first-order valence-corrected chi connectivity index (χ1v) is 8.30. The molecule has 0 spiro atoms. The van der Waals surface area contributed by atoms with Crippen LogP contribution in [-0.2, 0) is 11.2 Å². The van der Waals surface area contributed by atoms with Crippen molar-refractivity contribution < 1.29 is 4.74 Å². The smallest absolute Gasteiger partial charge is 0.0842 e. The van der Waals surface area contributed by atoms with E-state index < -0.39 is 0 Å². The Labute approximate surface area is 130 Å². The van der Waals surface area contributed by atoms with Crippen molar-refractivity contribution in [2.24, 2.45) is 17.1 Å². The van der Waals surface area contributed by atoms with Crippen molar-refractivity contribution in [1.82, 2.24) is 0 Å². The minimum absolute atomic E-state index is 0.187. The molecule has 2 heteroatoms. The molecule has 118 valence electrons. The summed E-state index contributed by atoms with van der Waals surface area (Å²) in [6.45, 7) is 10.0. The number of ether oxygens (including phenoxy) is 1. The molecular weight excluding hydrogens is 258 g/mol. The van der Waals surface area contributed by atoms with Crippen LogP contribution in [-0.4, -0.2) is 12.6 Å². The van der Waals surface area contributed by atoms with Crippen molar-refractivity contribution in [2.45, 2.75) is 65.5 Å². The Hall–Kier alpha value is -0.860. The zero-order valence-electron chi connectivity index (χ0n) is 14.1. The van der Waals surface area contributed by atoms with Crippen LogP contribution in [0.5, 0.6) is 0 Å². The number of hydrogen-bond donors (Lipinski definition) is 1. The van der Waals surface area contributed by atoms with Gasteiger partial charge in [-0.2, -0.15) is 0 Å². The molecule has 0 aromatic heterocycles. The maximum absolute atomic E-state index is 6.40. The van der Waals surface area contributed by atoms with Crippen LogP contribution in [0.25, 0.3) is 0 Å². The Morgan fingerprint density at radius 2 is 2.00 bits per heavy atom. The molecule has 1 aliphatic rings. The third kappa shape index (κ3) is 5.12. The summed E-state index contributed by atoms with van der Waals surface area (Å²) in [5, 5.41) is 0. The summed E-state index contributed by atoms with van der Waals surface area (Å²) in [6.07, 6.45) is 4.46. The molecule has 2 rings (SSSR count). The first-order chi connectivity index (χ1) is 9.85. The zero-order valence-corrected chi connectivity index (χ0v) is 14.1. The van der Waals surface area contributed by atoms with Crippen LogP contribution in [0.2, 0.25) is 0 Å². The maximum atomic E-state index is 6.40. The number of fused-ring (bicyclic) bond motifs is 1. The summed E-state index contributed by atoms with van der Waals surface area (Å²) in [5.41, 5.74) is 9.57. The highest BCUT2D eigenvalue weighted by Gasteiger charge is 2.24. The van der Waals surface area contributed by atoms with Gasteiger partial charge in [0, 0.05) is 6.04 Å². The second-order valence-electron chi connectivity index (χ2n) is 7.91. The molecule has 3 atom stereocenters. The summed E-state index contributed by atoms with van der Waals surface area (Å²) in [6, 6.07) is 8.86. The average Bonchev–Trinajstić information content (AvgIpc) is 2.36. The van der Waals surface area contributed by atoms with Gasteiger partial charge in [0.15, 0.2) is 0 Å². The molecule has 1 aromatic rings. The van der Waals surface area contributed by atoms with Gasteiger partial charge in [0.2, 0.25) is 0 Å². The van der Waals surface area contributed by atoms with Gasteiger partial charge in [0.1, 0.15) is 0 Å². The van der Waals surface area contributed by atoms with Crippen molar-refractivity contribution in [3.8, 4) is 0 Å². The molecule has 0 amide bonds. The SMILES string of the molecule is CC(CC(N)CC1OCCc2ccccc21)CC(C)(C)C. The molecule has 1 heterocycles. The lowest BCUT2D eigenvalue weighted by molar-refractivity contribution is 0.0303. The van der Waals surface area contributed by atoms with Crippen LogP contribution in [0, 0.1) is 11.3 Å². The lowest BCUT2D eigenvalue weighted by Gasteiger charge is -2.30. The second-order valence-corrected chi connectivity index (χ2v) is 7.91. The highest BCUT2D eigenvalue weighted by Crippen LogP contribution is 2.32. The first kappa shape index (κ1) is 16.5. The van der Waals surface area contributed by atoms with Crippen LogP contribution in [0.3, 0.4) is 0 Å². The number of benzene rings is 1. The van der Waals surface area contributed by atoms with Crippen LogP contribution < -0.4 is 5.73 Å². The Balaban J connectivity index is 1.90. The minimum Gasteiger partial charge on any atom is -0.373 e. The van der Waals surface area contributed by atoms with Gasteiger partial charge in [-0.05, 0) is 48.1 Å². The normalized spacial score (nSPS) is 21.7. The predicted octanol–water partition coefficient (Wildman–Crippen LogP) is 4.48. The third-order valence-electron chi connectivity index (χ3n) is 4.28. The van der Waals surface area contributed by atoms with E-state index in [9.17, 15) is 0 Å². The van der Waals surface area contributed by atoms with Crippen LogP contribution >= 0.6 is 0 Å². The summed E-state index contributed by atoms with van der Waals surface area (Å²) in [7, 11) is 0. The number of rotatable bonds is 5. The molecule has 2 nitrogen and oxygen atoms in total. The fraction of sp³-hybridized carbons (Fsp3) is 0.684. The van der Waals surface area contributed by atoms with E-state index >= 15 is 0 Å². The third-order valence-corrected chi connectivity index (χ3v) is 4.28. The molecule has 0 saturated heterocycles. The summed E-state index contributed by atoms with van der Waals surface area (Å²) in [5.74, 6) is 0.666. The van der Waals surface area contributed by atoms with Gasteiger partial charge in [-0.3, -0.25) is 0 Å². The van der Waals surface area contributed by atoms with Crippen molar-refractivity contribution in [3.63, 3.8) is 0 Å². The van der Waals surface area contributed by atoms with E-state index in [2.05, 4.69) is 52.0 Å². The molecule has 0 aliphatic carbocycles. The summed E-state index contributed by atoms with van der Waals surface area (Å²) in [4.78, 5) is 0. The lowest BCUT2D eigenvalue weighted by atomic mass is 9.82. The van der Waals surface area contributed by atoms with Gasteiger partial charge in [-0.15, -0.1) is 0 Å². The number of hydrogen-bond acceptors (Lipinski definition) is 2. The van der Waals surface area contributed by atoms with Crippen molar-refractivity contribution >= 4 is 0 Å². The molecule has 2 N–H and O–H groups in total. The Morgan fingerprint density at radius 1 is 1.29 bits per heavy atom. The van der Waals surface area contributed by atoms with Crippen LogP contribution in [0.1, 0.15) is 64.2 Å². The van der Waals surface area contributed by atoms with E-state index in [-0.39, 0.29) is 12.1 Å². The highest BCUT2D eigenvalue weighted by molar-refractivity contribution is 5.30. The monoisotopic (exact) mass is 289 g/mol. The topological polar surface area (TPSA) is 35.2 Å². The largest absolute Gasteiger partial charge is 0.373 e. The fourth-order valence-electron chi connectivity index (χ4n) is 3.69. The molecule has 1 aliphatic heterocycles.